The minimum Gasteiger partial charge on any atom is -0.477 e. The molecule has 10 heteroatoms. The molecule has 1 rings (SSSR count). The maximum atomic E-state index is 11.3. The number of aliphatic hydroxyl groups excluding tert-OH is 3. The highest BCUT2D eigenvalue weighted by Crippen LogP contribution is 2.33. The summed E-state index contributed by atoms with van der Waals surface area (Å²) in [6, 6.07) is -0.850. The molecule has 0 aliphatic carbocycles. The van der Waals surface area contributed by atoms with Crippen LogP contribution in [0.1, 0.15) is 6.42 Å². The van der Waals surface area contributed by atoms with E-state index in [0.717, 1.165) is 7.11 Å². The van der Waals surface area contributed by atoms with Crippen molar-refractivity contribution < 1.29 is 34.7 Å². The first-order valence-corrected chi connectivity index (χ1v) is 6.67. The Hall–Kier alpha value is -0.355. The third-order valence-electron chi connectivity index (χ3n) is 3.53. The number of aliphatic carboxylic acids is 1. The third-order valence-corrected chi connectivity index (χ3v) is 3.82. The highest BCUT2D eigenvalue weighted by Gasteiger charge is 2.54. The largest absolute Gasteiger partial charge is 0.477 e. The summed E-state index contributed by atoms with van der Waals surface area (Å²) in [6.07, 6.45) is -4.99. The minimum absolute atomic E-state index is 0.240. The van der Waals surface area contributed by atoms with Gasteiger partial charge in [0.25, 0.3) is 5.79 Å². The molecule has 0 bridgehead atoms. The molecule has 0 saturated carbocycles. The van der Waals surface area contributed by atoms with Crippen molar-refractivity contribution in [1.82, 2.24) is 4.72 Å². The van der Waals surface area contributed by atoms with E-state index in [1.807, 2.05) is 0 Å². The standard InChI is InChI=1S/C10H20BNO7S/c1-18-10(9(16)17)2-4(13)6(12-20)8(19-10)7(15)5(14)3-11/h4-8,12-15,20H,2-3,11H2,1H3,(H,16,17). The first kappa shape index (κ1) is 17.7. The predicted molar refractivity (Wildman–Crippen MR) is 74.1 cm³/mol. The number of hydrogen-bond acceptors (Lipinski definition) is 8. The number of rotatable bonds is 6. The molecule has 0 amide bonds. The molecule has 1 fully saturated rings. The summed E-state index contributed by atoms with van der Waals surface area (Å²) in [5.41, 5.74) is 0. The van der Waals surface area contributed by atoms with Gasteiger partial charge in [-0.1, -0.05) is 19.1 Å². The van der Waals surface area contributed by atoms with E-state index in [9.17, 15) is 25.2 Å². The Labute approximate surface area is 123 Å². The van der Waals surface area contributed by atoms with Gasteiger partial charge in [0.05, 0.1) is 18.2 Å². The second kappa shape index (κ2) is 7.07. The Morgan fingerprint density at radius 2 is 2.25 bits per heavy atom. The predicted octanol–water partition coefficient (Wildman–Crippen LogP) is -2.86. The third kappa shape index (κ3) is 3.27. The van der Waals surface area contributed by atoms with E-state index in [0.29, 0.717) is 0 Å². The molecular formula is C10H20BNO7S. The number of ether oxygens (including phenoxy) is 2. The fraction of sp³-hybridized carbons (Fsp3) is 0.900. The smallest absolute Gasteiger partial charge is 0.364 e. The van der Waals surface area contributed by atoms with E-state index < -0.39 is 42.2 Å². The van der Waals surface area contributed by atoms with Crippen LogP contribution in [-0.4, -0.2) is 77.6 Å². The molecule has 0 aromatic carbocycles. The van der Waals surface area contributed by atoms with Crippen LogP contribution in [0.2, 0.25) is 6.32 Å². The van der Waals surface area contributed by atoms with E-state index in [1.165, 1.54) is 0 Å². The summed E-state index contributed by atoms with van der Waals surface area (Å²) in [5, 5.41) is 39.0. The van der Waals surface area contributed by atoms with Crippen LogP contribution in [0.15, 0.2) is 0 Å². The number of nitrogens with one attached hydrogen (secondary N) is 1. The molecular weight excluding hydrogens is 289 g/mol. The number of carbonyl (C=O) groups is 1. The molecule has 116 valence electrons. The summed E-state index contributed by atoms with van der Waals surface area (Å²) in [6.45, 7) is 0. The molecule has 1 aliphatic rings. The summed E-state index contributed by atoms with van der Waals surface area (Å²) in [5.74, 6) is -3.49. The second-order valence-corrected chi connectivity index (χ2v) is 5.00. The van der Waals surface area contributed by atoms with Crippen LogP contribution in [0, 0.1) is 0 Å². The van der Waals surface area contributed by atoms with Crippen molar-refractivity contribution in [3.05, 3.63) is 0 Å². The zero-order valence-corrected chi connectivity index (χ0v) is 12.2. The number of carboxylic acid groups (broad SMARTS) is 1. The van der Waals surface area contributed by atoms with Gasteiger partial charge in [-0.2, -0.15) is 0 Å². The lowest BCUT2D eigenvalue weighted by atomic mass is 9.86. The first-order valence-electron chi connectivity index (χ1n) is 6.23. The Balaban J connectivity index is 3.06. The van der Waals surface area contributed by atoms with E-state index >= 15 is 0 Å². The molecule has 6 atom stereocenters. The summed E-state index contributed by atoms with van der Waals surface area (Å²) in [4.78, 5) is 11.3. The van der Waals surface area contributed by atoms with E-state index in [1.54, 1.807) is 7.85 Å². The van der Waals surface area contributed by atoms with Gasteiger partial charge in [0.2, 0.25) is 0 Å². The molecule has 5 N–H and O–H groups in total. The van der Waals surface area contributed by atoms with Gasteiger partial charge < -0.3 is 29.9 Å². The normalized spacial score (nSPS) is 37.4. The van der Waals surface area contributed by atoms with Crippen molar-refractivity contribution in [3.63, 3.8) is 0 Å². The van der Waals surface area contributed by atoms with Crippen molar-refractivity contribution in [2.24, 2.45) is 0 Å². The number of carboxylic acids is 1. The Morgan fingerprint density at radius 3 is 2.65 bits per heavy atom. The van der Waals surface area contributed by atoms with Gasteiger partial charge >= 0.3 is 5.97 Å². The molecule has 1 heterocycles. The summed E-state index contributed by atoms with van der Waals surface area (Å²) >= 11 is 3.84. The van der Waals surface area contributed by atoms with Crippen LogP contribution < -0.4 is 4.72 Å². The Kier molecular flexibility index (Phi) is 6.26. The van der Waals surface area contributed by atoms with E-state index in [2.05, 4.69) is 17.5 Å². The van der Waals surface area contributed by atoms with Crippen molar-refractivity contribution in [2.45, 2.75) is 49.0 Å². The summed E-state index contributed by atoms with van der Waals surface area (Å²) < 4.78 is 12.7. The van der Waals surface area contributed by atoms with Crippen LogP contribution in [0.5, 0.6) is 0 Å². The second-order valence-electron chi connectivity index (χ2n) is 4.74. The fourth-order valence-corrected chi connectivity index (χ4v) is 2.54. The van der Waals surface area contributed by atoms with Crippen molar-refractivity contribution in [1.29, 1.82) is 0 Å². The number of hydrogen-bond donors (Lipinski definition) is 6. The quantitative estimate of drug-likeness (QED) is 0.228. The zero-order valence-electron chi connectivity index (χ0n) is 11.3. The van der Waals surface area contributed by atoms with Crippen LogP contribution in [0.25, 0.3) is 0 Å². The number of methoxy groups -OCH3 is 1. The fourth-order valence-electron chi connectivity index (χ4n) is 2.22. The van der Waals surface area contributed by atoms with Gasteiger partial charge in [-0.05, 0) is 0 Å². The molecule has 0 radical (unpaired) electrons. The van der Waals surface area contributed by atoms with Gasteiger partial charge in [-0.25, -0.2) is 4.79 Å². The SMILES string of the molecule is BCC(O)C(O)C1OC(OC)(C(=O)O)CC(O)C1NS. The highest BCUT2D eigenvalue weighted by atomic mass is 32.1. The van der Waals surface area contributed by atoms with E-state index in [-0.39, 0.29) is 12.7 Å². The van der Waals surface area contributed by atoms with Crippen LogP contribution in [0.3, 0.4) is 0 Å². The Morgan fingerprint density at radius 1 is 1.65 bits per heavy atom. The maximum absolute atomic E-state index is 11.3. The molecule has 0 aromatic rings. The molecule has 1 saturated heterocycles. The van der Waals surface area contributed by atoms with Crippen molar-refractivity contribution >= 4 is 26.6 Å². The molecule has 6 unspecified atom stereocenters. The van der Waals surface area contributed by atoms with Gasteiger partial charge in [0, 0.05) is 13.5 Å². The monoisotopic (exact) mass is 309 g/mol. The van der Waals surface area contributed by atoms with Crippen LogP contribution >= 0.6 is 12.8 Å². The van der Waals surface area contributed by atoms with E-state index in [4.69, 9.17) is 9.47 Å². The average molecular weight is 309 g/mol. The highest BCUT2D eigenvalue weighted by molar-refractivity contribution is 7.78. The molecule has 1 aliphatic heterocycles. The van der Waals surface area contributed by atoms with Gasteiger partial charge in [0.15, 0.2) is 0 Å². The van der Waals surface area contributed by atoms with Gasteiger partial charge in [0.1, 0.15) is 20.1 Å². The zero-order chi connectivity index (χ0) is 15.5. The first-order chi connectivity index (χ1) is 9.32. The van der Waals surface area contributed by atoms with Crippen LogP contribution in [0.4, 0.5) is 0 Å². The maximum Gasteiger partial charge on any atom is 0.364 e. The van der Waals surface area contributed by atoms with Crippen molar-refractivity contribution in [2.75, 3.05) is 7.11 Å². The van der Waals surface area contributed by atoms with Crippen molar-refractivity contribution in [3.8, 4) is 0 Å². The molecule has 0 aromatic heterocycles. The number of thiol groups is 1. The average Bonchev–Trinajstić information content (AvgIpc) is 2.44. The molecule has 0 spiro atoms. The van der Waals surface area contributed by atoms with Gasteiger partial charge in [-0.15, -0.1) is 0 Å². The Bertz CT molecular complexity index is 350. The summed E-state index contributed by atoms with van der Waals surface area (Å²) in [7, 11) is 2.78. The van der Waals surface area contributed by atoms with Crippen LogP contribution in [-0.2, 0) is 14.3 Å². The lowest BCUT2D eigenvalue weighted by Crippen LogP contribution is -2.65. The molecule has 8 nitrogen and oxygen atoms in total. The minimum atomic E-state index is -2.07. The number of aliphatic hydroxyl groups is 3. The lowest BCUT2D eigenvalue weighted by molar-refractivity contribution is -0.301. The topological polar surface area (TPSA) is 128 Å². The lowest BCUT2D eigenvalue weighted by Gasteiger charge is -2.45. The molecule has 20 heavy (non-hydrogen) atoms. The van der Waals surface area contributed by atoms with Gasteiger partial charge in [-0.3, -0.25) is 4.72 Å².